The number of aliphatic hydroxyl groups excluding tert-OH is 1. The Labute approximate surface area is 317 Å². The van der Waals surface area contributed by atoms with E-state index in [-0.39, 0.29) is 18.5 Å². The molecule has 0 aromatic rings. The van der Waals surface area contributed by atoms with Gasteiger partial charge in [-0.05, 0) is 75.8 Å². The number of carboxylic acid groups (broad SMARTS) is 1. The molecule has 1 saturated carbocycles. The summed E-state index contributed by atoms with van der Waals surface area (Å²) < 4.78 is 5.56. The molecule has 1 rings (SSSR count). The number of carboxylic acids is 1. The van der Waals surface area contributed by atoms with Crippen molar-refractivity contribution >= 4 is 11.9 Å². The Morgan fingerprint density at radius 2 is 1.06 bits per heavy atom. The molecule has 0 heterocycles. The number of aliphatic hydroxyl groups is 1. The van der Waals surface area contributed by atoms with Crippen molar-refractivity contribution in [2.75, 3.05) is 32.8 Å². The second-order valence-corrected chi connectivity index (χ2v) is 16.4. The second-order valence-electron chi connectivity index (χ2n) is 16.4. The molecule has 0 bridgehead atoms. The van der Waals surface area contributed by atoms with E-state index in [2.05, 4.69) is 25.7 Å². The van der Waals surface area contributed by atoms with Gasteiger partial charge in [0.15, 0.2) is 0 Å². The van der Waals surface area contributed by atoms with E-state index in [9.17, 15) is 19.8 Å². The molecule has 51 heavy (non-hydrogen) atoms. The lowest BCUT2D eigenvalue weighted by Crippen LogP contribution is -2.29. The van der Waals surface area contributed by atoms with Gasteiger partial charge in [0.25, 0.3) is 0 Å². The number of nitrogens with zero attached hydrogens (tertiary/aromatic N) is 1. The smallest absolute Gasteiger partial charge is 0.306 e. The zero-order chi connectivity index (χ0) is 37.2. The molecular weight excluding hydrogens is 634 g/mol. The highest BCUT2D eigenvalue weighted by Crippen LogP contribution is 2.42. The number of rotatable bonds is 40. The van der Waals surface area contributed by atoms with E-state index in [0.717, 1.165) is 103 Å². The van der Waals surface area contributed by atoms with Crippen LogP contribution in [0.5, 0.6) is 0 Å². The Kier molecular flexibility index (Phi) is 32.5. The lowest BCUT2D eigenvalue weighted by atomic mass is 9.80. The van der Waals surface area contributed by atoms with Crippen LogP contribution >= 0.6 is 0 Å². The Morgan fingerprint density at radius 1 is 0.588 bits per heavy atom. The van der Waals surface area contributed by atoms with E-state index in [4.69, 9.17) is 4.74 Å². The summed E-state index contributed by atoms with van der Waals surface area (Å²) in [6.07, 6.45) is 36.4. The van der Waals surface area contributed by atoms with Crippen molar-refractivity contribution in [1.29, 1.82) is 0 Å². The monoisotopic (exact) mass is 722 g/mol. The van der Waals surface area contributed by atoms with Gasteiger partial charge in [-0.25, -0.2) is 0 Å². The van der Waals surface area contributed by atoms with Crippen LogP contribution in [-0.4, -0.2) is 59.9 Å². The number of esters is 1. The van der Waals surface area contributed by atoms with Crippen LogP contribution in [0.2, 0.25) is 0 Å². The minimum absolute atomic E-state index is 0.0135. The van der Waals surface area contributed by atoms with Crippen LogP contribution in [0, 0.1) is 23.7 Å². The fourth-order valence-corrected chi connectivity index (χ4v) is 8.12. The molecule has 6 nitrogen and oxygen atoms in total. The average Bonchev–Trinajstić information content (AvgIpc) is 3.88. The first kappa shape index (κ1) is 47.9. The van der Waals surface area contributed by atoms with Crippen molar-refractivity contribution in [2.24, 2.45) is 23.7 Å². The molecule has 3 unspecified atom stereocenters. The van der Waals surface area contributed by atoms with Gasteiger partial charge >= 0.3 is 11.9 Å². The molecule has 0 saturated heterocycles. The van der Waals surface area contributed by atoms with Gasteiger partial charge in [-0.2, -0.15) is 0 Å². The number of carbonyl (C=O) groups is 2. The molecule has 6 heteroatoms. The van der Waals surface area contributed by atoms with Gasteiger partial charge in [-0.3, -0.25) is 9.59 Å². The van der Waals surface area contributed by atoms with Crippen molar-refractivity contribution in [2.45, 2.75) is 220 Å². The molecule has 0 aliphatic heterocycles. The van der Waals surface area contributed by atoms with Crippen molar-refractivity contribution in [1.82, 2.24) is 4.90 Å². The summed E-state index contributed by atoms with van der Waals surface area (Å²) >= 11 is 0. The minimum atomic E-state index is -0.568. The maximum absolute atomic E-state index is 12.4. The number of ether oxygens (including phenoxy) is 1. The topological polar surface area (TPSA) is 87.1 Å². The predicted molar refractivity (Wildman–Crippen MR) is 216 cm³/mol. The molecule has 3 atom stereocenters. The summed E-state index contributed by atoms with van der Waals surface area (Å²) in [6.45, 7) is 10.4. The number of hydrogen-bond acceptors (Lipinski definition) is 5. The first-order valence-electron chi connectivity index (χ1n) is 22.7. The number of carbonyl (C=O) groups excluding carboxylic acids is 1. The third kappa shape index (κ3) is 28.0. The Morgan fingerprint density at radius 3 is 1.59 bits per heavy atom. The molecule has 302 valence electrons. The molecule has 0 amide bonds. The zero-order valence-corrected chi connectivity index (χ0v) is 34.3. The molecule has 0 aromatic carbocycles. The van der Waals surface area contributed by atoms with E-state index in [1.165, 1.54) is 116 Å². The quantitative estimate of drug-likeness (QED) is 0.0484. The van der Waals surface area contributed by atoms with Crippen LogP contribution in [0.25, 0.3) is 0 Å². The summed E-state index contributed by atoms with van der Waals surface area (Å²) in [7, 11) is 0. The predicted octanol–water partition coefficient (Wildman–Crippen LogP) is 12.5. The van der Waals surface area contributed by atoms with Crippen LogP contribution in [0.3, 0.4) is 0 Å². The first-order chi connectivity index (χ1) is 25.0. The molecular formula is C45H87NO5. The number of unbranched alkanes of at least 4 members (excludes halogenated alkanes) is 20. The first-order valence-corrected chi connectivity index (χ1v) is 22.7. The lowest BCUT2D eigenvalue weighted by molar-refractivity contribution is -0.145. The Bertz CT molecular complexity index is 775. The molecule has 1 aliphatic rings. The van der Waals surface area contributed by atoms with E-state index >= 15 is 0 Å². The number of aliphatic carboxylic acids is 1. The molecule has 0 aromatic heterocycles. The van der Waals surface area contributed by atoms with Crippen molar-refractivity contribution in [3.63, 3.8) is 0 Å². The van der Waals surface area contributed by atoms with Crippen molar-refractivity contribution in [3.05, 3.63) is 0 Å². The summed E-state index contributed by atoms with van der Waals surface area (Å²) in [5, 5.41) is 19.8. The Hall–Kier alpha value is -1.14. The molecule has 0 spiro atoms. The highest BCUT2D eigenvalue weighted by atomic mass is 16.5. The number of hydrogen-bond donors (Lipinski definition) is 2. The van der Waals surface area contributed by atoms with Crippen LogP contribution in [-0.2, 0) is 14.3 Å². The lowest BCUT2D eigenvalue weighted by Gasteiger charge is -2.25. The van der Waals surface area contributed by atoms with Gasteiger partial charge < -0.3 is 19.8 Å². The van der Waals surface area contributed by atoms with E-state index in [0.29, 0.717) is 24.9 Å². The SMILES string of the molecule is CCCCCCCCC(CCCCCCCC)C(CCCCCCN(CCO)CCCCCCCC(=O)OCC1CC1CCCCCC)C(=O)O. The van der Waals surface area contributed by atoms with Crippen molar-refractivity contribution in [3.8, 4) is 0 Å². The van der Waals surface area contributed by atoms with Gasteiger partial charge in [-0.15, -0.1) is 0 Å². The summed E-state index contributed by atoms with van der Waals surface area (Å²) in [6, 6.07) is 0. The van der Waals surface area contributed by atoms with Crippen LogP contribution < -0.4 is 0 Å². The largest absolute Gasteiger partial charge is 0.481 e. The molecule has 1 fully saturated rings. The Balaban J connectivity index is 2.21. The molecule has 0 radical (unpaired) electrons. The third-order valence-electron chi connectivity index (χ3n) is 11.7. The summed E-state index contributed by atoms with van der Waals surface area (Å²) in [5.74, 6) is 0.987. The van der Waals surface area contributed by atoms with Crippen LogP contribution in [0.1, 0.15) is 220 Å². The van der Waals surface area contributed by atoms with Gasteiger partial charge in [0.05, 0.1) is 19.1 Å². The third-order valence-corrected chi connectivity index (χ3v) is 11.7. The van der Waals surface area contributed by atoms with E-state index in [1.54, 1.807) is 0 Å². The summed E-state index contributed by atoms with van der Waals surface area (Å²) in [4.78, 5) is 27.0. The second kappa shape index (κ2) is 34.6. The van der Waals surface area contributed by atoms with E-state index in [1.807, 2.05) is 0 Å². The molecule has 2 N–H and O–H groups in total. The average molecular weight is 722 g/mol. The standard InChI is InChI=1S/C45H87NO5/c1-4-7-10-13-16-23-29-40(30-24-17-14-11-8-5-2)43(45(49)50)32-25-19-21-28-35-46(36-37-47)34-27-20-15-18-26-33-44(48)51-39-42-38-41(42)31-22-12-9-6-3/h40-43,47H,4-39H2,1-3H3,(H,49,50). The molecule has 1 aliphatic carbocycles. The summed E-state index contributed by atoms with van der Waals surface area (Å²) in [5.41, 5.74) is 0. The fraction of sp³-hybridized carbons (Fsp3) is 0.956. The highest BCUT2D eigenvalue weighted by Gasteiger charge is 2.37. The minimum Gasteiger partial charge on any atom is -0.481 e. The fourth-order valence-electron chi connectivity index (χ4n) is 8.12. The normalized spacial score (nSPS) is 16.3. The van der Waals surface area contributed by atoms with Crippen LogP contribution in [0.4, 0.5) is 0 Å². The van der Waals surface area contributed by atoms with E-state index < -0.39 is 5.97 Å². The van der Waals surface area contributed by atoms with Gasteiger partial charge in [0, 0.05) is 13.0 Å². The van der Waals surface area contributed by atoms with Crippen LogP contribution in [0.15, 0.2) is 0 Å². The van der Waals surface area contributed by atoms with Crippen molar-refractivity contribution < 1.29 is 24.5 Å². The maximum atomic E-state index is 12.4. The van der Waals surface area contributed by atoms with Gasteiger partial charge in [0.1, 0.15) is 0 Å². The van der Waals surface area contributed by atoms with Gasteiger partial charge in [0.2, 0.25) is 0 Å². The zero-order valence-electron chi connectivity index (χ0n) is 34.3. The maximum Gasteiger partial charge on any atom is 0.306 e. The van der Waals surface area contributed by atoms with Gasteiger partial charge in [-0.1, -0.05) is 168 Å². The highest BCUT2D eigenvalue weighted by molar-refractivity contribution is 5.70.